The van der Waals surface area contributed by atoms with E-state index in [4.69, 9.17) is 4.52 Å². The zero-order valence-corrected chi connectivity index (χ0v) is 11.9. The molecule has 1 heterocycles. The van der Waals surface area contributed by atoms with Gasteiger partial charge in [-0.3, -0.25) is 0 Å². The Morgan fingerprint density at radius 3 is 2.75 bits per heavy atom. The van der Waals surface area contributed by atoms with E-state index in [2.05, 4.69) is 10.1 Å². The van der Waals surface area contributed by atoms with Gasteiger partial charge in [0.15, 0.2) is 0 Å². The first-order valence-corrected chi connectivity index (χ1v) is 6.73. The molecule has 0 spiro atoms. The Bertz CT molecular complexity index is 581. The molecule has 2 rings (SSSR count). The third kappa shape index (κ3) is 3.63. The van der Waals surface area contributed by atoms with Crippen LogP contribution >= 0.6 is 0 Å². The van der Waals surface area contributed by atoms with Crippen molar-refractivity contribution in [2.45, 2.75) is 39.7 Å². The van der Waals surface area contributed by atoms with Crippen molar-refractivity contribution >= 4 is 0 Å². The Labute approximate surface area is 117 Å². The second kappa shape index (κ2) is 6.13. The standard InChI is InChI=1S/C15H19FN2O2/c1-9(2)6-12(19)8-14-17-15(18-20-14)11-5-4-10(3)13(16)7-11/h4-5,7,9,12,19H,6,8H2,1-3H3. The number of aliphatic hydroxyl groups is 1. The van der Waals surface area contributed by atoms with Crippen LogP contribution < -0.4 is 0 Å². The van der Waals surface area contributed by atoms with Gasteiger partial charge in [-0.2, -0.15) is 4.98 Å². The first-order valence-electron chi connectivity index (χ1n) is 6.73. The largest absolute Gasteiger partial charge is 0.393 e. The lowest BCUT2D eigenvalue weighted by atomic mass is 10.0. The number of hydrogen-bond acceptors (Lipinski definition) is 4. The lowest BCUT2D eigenvalue weighted by molar-refractivity contribution is 0.138. The second-order valence-corrected chi connectivity index (χ2v) is 5.46. The number of nitrogens with zero attached hydrogens (tertiary/aromatic N) is 2. The molecule has 0 aliphatic heterocycles. The van der Waals surface area contributed by atoms with Crippen LogP contribution in [0, 0.1) is 18.7 Å². The summed E-state index contributed by atoms with van der Waals surface area (Å²) >= 11 is 0. The van der Waals surface area contributed by atoms with Crippen LogP contribution in [0.4, 0.5) is 4.39 Å². The molecule has 0 radical (unpaired) electrons. The monoisotopic (exact) mass is 278 g/mol. The molecule has 4 nitrogen and oxygen atoms in total. The first-order chi connectivity index (χ1) is 9.45. The van der Waals surface area contributed by atoms with Gasteiger partial charge in [0, 0.05) is 5.56 Å². The SMILES string of the molecule is Cc1ccc(-c2noc(CC(O)CC(C)C)n2)cc1F. The predicted molar refractivity (Wildman–Crippen MR) is 73.6 cm³/mol. The summed E-state index contributed by atoms with van der Waals surface area (Å²) in [6.07, 6.45) is 0.495. The fourth-order valence-electron chi connectivity index (χ4n) is 2.02. The van der Waals surface area contributed by atoms with E-state index < -0.39 is 6.10 Å². The van der Waals surface area contributed by atoms with Crippen LogP contribution in [0.15, 0.2) is 22.7 Å². The van der Waals surface area contributed by atoms with Gasteiger partial charge in [-0.25, -0.2) is 4.39 Å². The Balaban J connectivity index is 2.10. The highest BCUT2D eigenvalue weighted by Gasteiger charge is 2.15. The van der Waals surface area contributed by atoms with E-state index in [1.807, 2.05) is 13.8 Å². The highest BCUT2D eigenvalue weighted by atomic mass is 19.1. The molecular weight excluding hydrogens is 259 g/mol. The first kappa shape index (κ1) is 14.7. The highest BCUT2D eigenvalue weighted by Crippen LogP contribution is 2.19. The number of rotatable bonds is 5. The lowest BCUT2D eigenvalue weighted by Crippen LogP contribution is -2.13. The van der Waals surface area contributed by atoms with E-state index in [-0.39, 0.29) is 5.82 Å². The Hall–Kier alpha value is -1.75. The highest BCUT2D eigenvalue weighted by molar-refractivity contribution is 5.54. The van der Waals surface area contributed by atoms with Crippen LogP contribution in [0.2, 0.25) is 0 Å². The molecule has 0 amide bonds. The molecule has 0 aliphatic rings. The molecule has 1 unspecified atom stereocenters. The molecule has 0 fully saturated rings. The summed E-state index contributed by atoms with van der Waals surface area (Å²) in [5.41, 5.74) is 1.14. The van der Waals surface area contributed by atoms with Gasteiger partial charge in [-0.15, -0.1) is 0 Å². The minimum absolute atomic E-state index is 0.298. The maximum atomic E-state index is 13.5. The Morgan fingerprint density at radius 1 is 1.35 bits per heavy atom. The van der Waals surface area contributed by atoms with Gasteiger partial charge < -0.3 is 9.63 Å². The molecule has 20 heavy (non-hydrogen) atoms. The lowest BCUT2D eigenvalue weighted by Gasteiger charge is -2.09. The quantitative estimate of drug-likeness (QED) is 0.912. The minimum Gasteiger partial charge on any atom is -0.393 e. The van der Waals surface area contributed by atoms with Crippen molar-refractivity contribution in [2.24, 2.45) is 5.92 Å². The summed E-state index contributed by atoms with van der Waals surface area (Å²) in [7, 11) is 0. The number of hydrogen-bond donors (Lipinski definition) is 1. The third-order valence-corrected chi connectivity index (χ3v) is 3.05. The topological polar surface area (TPSA) is 59.2 Å². The summed E-state index contributed by atoms with van der Waals surface area (Å²) in [6.45, 7) is 5.78. The third-order valence-electron chi connectivity index (χ3n) is 3.05. The van der Waals surface area contributed by atoms with E-state index in [9.17, 15) is 9.50 Å². The summed E-state index contributed by atoms with van der Waals surface area (Å²) < 4.78 is 18.6. The maximum Gasteiger partial charge on any atom is 0.229 e. The molecule has 0 saturated heterocycles. The summed E-state index contributed by atoms with van der Waals surface area (Å²) in [6, 6.07) is 4.81. The molecule has 0 bridgehead atoms. The van der Waals surface area contributed by atoms with Crippen molar-refractivity contribution in [3.05, 3.63) is 35.5 Å². The second-order valence-electron chi connectivity index (χ2n) is 5.46. The maximum absolute atomic E-state index is 13.5. The van der Waals surface area contributed by atoms with Gasteiger partial charge in [0.05, 0.1) is 12.5 Å². The Kier molecular flexibility index (Phi) is 4.49. The van der Waals surface area contributed by atoms with Gasteiger partial charge in [0.2, 0.25) is 11.7 Å². The molecule has 1 aromatic carbocycles. The molecule has 1 atom stereocenters. The van der Waals surface area contributed by atoms with Crippen LogP contribution in [-0.4, -0.2) is 21.4 Å². The van der Waals surface area contributed by atoms with Crippen molar-refractivity contribution < 1.29 is 14.0 Å². The number of aryl methyl sites for hydroxylation is 1. The zero-order valence-electron chi connectivity index (χ0n) is 11.9. The van der Waals surface area contributed by atoms with Crippen LogP contribution in [0.1, 0.15) is 31.7 Å². The molecule has 0 aliphatic carbocycles. The van der Waals surface area contributed by atoms with Crippen molar-refractivity contribution in [1.29, 1.82) is 0 Å². The molecule has 2 aromatic rings. The smallest absolute Gasteiger partial charge is 0.229 e. The summed E-state index contributed by atoms with van der Waals surface area (Å²) in [4.78, 5) is 4.19. The van der Waals surface area contributed by atoms with Crippen molar-refractivity contribution in [3.63, 3.8) is 0 Å². The molecule has 5 heteroatoms. The summed E-state index contributed by atoms with van der Waals surface area (Å²) in [5.74, 6) is 0.817. The van der Waals surface area contributed by atoms with Crippen LogP contribution in [0.5, 0.6) is 0 Å². The van der Waals surface area contributed by atoms with Crippen molar-refractivity contribution in [3.8, 4) is 11.4 Å². The van der Waals surface area contributed by atoms with Crippen molar-refractivity contribution in [2.75, 3.05) is 0 Å². The van der Waals surface area contributed by atoms with Crippen LogP contribution in [0.3, 0.4) is 0 Å². The number of halogens is 1. The van der Waals surface area contributed by atoms with E-state index in [1.165, 1.54) is 6.07 Å². The Morgan fingerprint density at radius 2 is 2.10 bits per heavy atom. The molecule has 1 N–H and O–H groups in total. The van der Waals surface area contributed by atoms with E-state index >= 15 is 0 Å². The van der Waals surface area contributed by atoms with E-state index in [1.54, 1.807) is 19.1 Å². The van der Waals surface area contributed by atoms with Gasteiger partial charge in [0.25, 0.3) is 0 Å². The van der Waals surface area contributed by atoms with Gasteiger partial charge in [-0.05, 0) is 30.9 Å². The fraction of sp³-hybridized carbons (Fsp3) is 0.467. The van der Waals surface area contributed by atoms with Gasteiger partial charge in [-0.1, -0.05) is 31.1 Å². The predicted octanol–water partition coefficient (Wildman–Crippen LogP) is 3.13. The normalized spacial score (nSPS) is 12.9. The van der Waals surface area contributed by atoms with E-state index in [0.717, 1.165) is 0 Å². The summed E-state index contributed by atoms with van der Waals surface area (Å²) in [5, 5.41) is 13.7. The number of benzene rings is 1. The van der Waals surface area contributed by atoms with Crippen LogP contribution in [-0.2, 0) is 6.42 Å². The number of aromatic nitrogens is 2. The number of aliphatic hydroxyl groups excluding tert-OH is 1. The molecule has 108 valence electrons. The van der Waals surface area contributed by atoms with E-state index in [0.29, 0.717) is 41.6 Å². The van der Waals surface area contributed by atoms with Crippen LogP contribution in [0.25, 0.3) is 11.4 Å². The van der Waals surface area contributed by atoms with Gasteiger partial charge in [0.1, 0.15) is 5.82 Å². The van der Waals surface area contributed by atoms with Gasteiger partial charge >= 0.3 is 0 Å². The van der Waals surface area contributed by atoms with Crippen molar-refractivity contribution in [1.82, 2.24) is 10.1 Å². The average molecular weight is 278 g/mol. The molecule has 0 saturated carbocycles. The zero-order chi connectivity index (χ0) is 14.7. The minimum atomic E-state index is -0.502. The fourth-order valence-corrected chi connectivity index (χ4v) is 2.02. The molecule has 1 aromatic heterocycles. The molecular formula is C15H19FN2O2. The average Bonchev–Trinajstić information content (AvgIpc) is 2.80.